The highest BCUT2D eigenvalue weighted by molar-refractivity contribution is 5.93. The van der Waals surface area contributed by atoms with E-state index in [-0.39, 0.29) is 6.03 Å². The van der Waals surface area contributed by atoms with Crippen molar-refractivity contribution in [1.82, 2.24) is 5.32 Å². The minimum absolute atomic E-state index is 0.356. The lowest BCUT2D eigenvalue weighted by molar-refractivity contribution is 0.0600. The molecule has 0 spiro atoms. The molecule has 2 N–H and O–H groups in total. The van der Waals surface area contributed by atoms with Gasteiger partial charge in [-0.3, -0.25) is 0 Å². The molecule has 0 aliphatic rings. The zero-order chi connectivity index (χ0) is 18.9. The van der Waals surface area contributed by atoms with Crippen LogP contribution in [0, 0.1) is 0 Å². The largest absolute Gasteiger partial charge is 0.491 e. The van der Waals surface area contributed by atoms with Gasteiger partial charge in [0.15, 0.2) is 0 Å². The predicted octanol–water partition coefficient (Wildman–Crippen LogP) is 3.80. The van der Waals surface area contributed by atoms with Crippen molar-refractivity contribution in [2.75, 3.05) is 25.6 Å². The second kappa shape index (κ2) is 9.46. The number of esters is 1. The van der Waals surface area contributed by atoms with E-state index in [1.807, 2.05) is 24.3 Å². The number of ether oxygens (including phenoxy) is 2. The molecule has 6 heteroatoms. The molecule has 0 bridgehead atoms. The fourth-order valence-corrected chi connectivity index (χ4v) is 2.43. The van der Waals surface area contributed by atoms with Crippen LogP contribution in [0.2, 0.25) is 0 Å². The number of methoxy groups -OCH3 is 1. The average Bonchev–Trinajstić information content (AvgIpc) is 2.65. The van der Waals surface area contributed by atoms with Gasteiger partial charge in [-0.2, -0.15) is 0 Å². The first-order chi connectivity index (χ1) is 12.5. The molecule has 2 rings (SSSR count). The third kappa shape index (κ3) is 5.51. The van der Waals surface area contributed by atoms with Crippen molar-refractivity contribution in [3.63, 3.8) is 0 Å². The van der Waals surface area contributed by atoms with E-state index >= 15 is 0 Å². The van der Waals surface area contributed by atoms with Crippen LogP contribution >= 0.6 is 0 Å². The summed E-state index contributed by atoms with van der Waals surface area (Å²) in [7, 11) is 1.31. The van der Waals surface area contributed by atoms with Gasteiger partial charge in [0.2, 0.25) is 0 Å². The van der Waals surface area contributed by atoms with E-state index in [1.54, 1.807) is 24.3 Å². The van der Waals surface area contributed by atoms with Gasteiger partial charge in [0.25, 0.3) is 0 Å². The summed E-state index contributed by atoms with van der Waals surface area (Å²) in [6, 6.07) is 14.0. The first-order valence-corrected chi connectivity index (χ1v) is 8.46. The summed E-state index contributed by atoms with van der Waals surface area (Å²) in [6.07, 6.45) is 0. The predicted molar refractivity (Wildman–Crippen MR) is 101 cm³/mol. The zero-order valence-electron chi connectivity index (χ0n) is 15.2. The SMILES string of the molecule is COC(=O)c1cccc(NC(=O)NCCOc2ccccc2C(C)C)c1. The first-order valence-electron chi connectivity index (χ1n) is 8.46. The molecule has 0 aliphatic carbocycles. The molecular formula is C20H24N2O4. The Hall–Kier alpha value is -3.02. The number of para-hydroxylation sites is 1. The number of carbonyl (C=O) groups excluding carboxylic acids is 2. The Morgan fingerprint density at radius 3 is 2.58 bits per heavy atom. The Balaban J connectivity index is 1.80. The summed E-state index contributed by atoms with van der Waals surface area (Å²) in [5.74, 6) is 0.742. The third-order valence-electron chi connectivity index (χ3n) is 3.73. The maximum Gasteiger partial charge on any atom is 0.337 e. The maximum atomic E-state index is 12.0. The molecule has 0 saturated carbocycles. The lowest BCUT2D eigenvalue weighted by Crippen LogP contribution is -2.32. The van der Waals surface area contributed by atoms with Crippen molar-refractivity contribution in [2.24, 2.45) is 0 Å². The second-order valence-corrected chi connectivity index (χ2v) is 5.99. The van der Waals surface area contributed by atoms with Gasteiger partial charge in [-0.25, -0.2) is 9.59 Å². The van der Waals surface area contributed by atoms with Crippen molar-refractivity contribution >= 4 is 17.7 Å². The highest BCUT2D eigenvalue weighted by Crippen LogP contribution is 2.25. The van der Waals surface area contributed by atoms with Crippen LogP contribution in [0.4, 0.5) is 10.5 Å². The molecule has 0 unspecified atom stereocenters. The summed E-state index contributed by atoms with van der Waals surface area (Å²) < 4.78 is 10.4. The lowest BCUT2D eigenvalue weighted by Gasteiger charge is -2.14. The number of benzene rings is 2. The van der Waals surface area contributed by atoms with E-state index in [2.05, 4.69) is 29.2 Å². The summed E-state index contributed by atoms with van der Waals surface area (Å²) in [5.41, 5.74) is 2.02. The third-order valence-corrected chi connectivity index (χ3v) is 3.73. The van der Waals surface area contributed by atoms with Crippen molar-refractivity contribution < 1.29 is 19.1 Å². The van der Waals surface area contributed by atoms with Crippen LogP contribution in [0.3, 0.4) is 0 Å². The molecular weight excluding hydrogens is 332 g/mol. The molecule has 0 fully saturated rings. The smallest absolute Gasteiger partial charge is 0.337 e. The van der Waals surface area contributed by atoms with Gasteiger partial charge in [0, 0.05) is 5.69 Å². The van der Waals surface area contributed by atoms with Crippen molar-refractivity contribution in [2.45, 2.75) is 19.8 Å². The van der Waals surface area contributed by atoms with Crippen LogP contribution in [-0.2, 0) is 4.74 Å². The van der Waals surface area contributed by atoms with Crippen LogP contribution in [0.1, 0.15) is 35.7 Å². The average molecular weight is 356 g/mol. The Morgan fingerprint density at radius 1 is 1.08 bits per heavy atom. The van der Waals surface area contributed by atoms with Crippen LogP contribution in [0.25, 0.3) is 0 Å². The van der Waals surface area contributed by atoms with Gasteiger partial charge in [-0.15, -0.1) is 0 Å². The van der Waals surface area contributed by atoms with E-state index in [1.165, 1.54) is 7.11 Å². The molecule has 2 aromatic carbocycles. The molecule has 2 amide bonds. The lowest BCUT2D eigenvalue weighted by atomic mass is 10.0. The molecule has 6 nitrogen and oxygen atoms in total. The van der Waals surface area contributed by atoms with Gasteiger partial charge in [-0.1, -0.05) is 38.1 Å². The molecule has 0 aromatic heterocycles. The minimum Gasteiger partial charge on any atom is -0.491 e. The molecule has 0 radical (unpaired) electrons. The quantitative estimate of drug-likeness (QED) is 0.584. The van der Waals surface area contributed by atoms with Crippen molar-refractivity contribution in [1.29, 1.82) is 0 Å². The van der Waals surface area contributed by atoms with Gasteiger partial charge < -0.3 is 20.1 Å². The Bertz CT molecular complexity index is 759. The second-order valence-electron chi connectivity index (χ2n) is 5.99. The summed E-state index contributed by atoms with van der Waals surface area (Å²) in [5, 5.41) is 5.40. The number of urea groups is 1. The van der Waals surface area contributed by atoms with E-state index in [0.29, 0.717) is 30.3 Å². The summed E-state index contributed by atoms with van der Waals surface area (Å²) in [4.78, 5) is 23.5. The molecule has 0 saturated heterocycles. The van der Waals surface area contributed by atoms with E-state index in [4.69, 9.17) is 4.74 Å². The van der Waals surface area contributed by atoms with Gasteiger partial charge in [0.1, 0.15) is 12.4 Å². The number of amides is 2. The zero-order valence-corrected chi connectivity index (χ0v) is 15.2. The fourth-order valence-electron chi connectivity index (χ4n) is 2.43. The Morgan fingerprint density at radius 2 is 1.85 bits per heavy atom. The van der Waals surface area contributed by atoms with Crippen LogP contribution < -0.4 is 15.4 Å². The number of hydrogen-bond donors (Lipinski definition) is 2. The van der Waals surface area contributed by atoms with Crippen molar-refractivity contribution in [3.8, 4) is 5.75 Å². The van der Waals surface area contributed by atoms with Crippen LogP contribution in [0.5, 0.6) is 5.75 Å². The van der Waals surface area contributed by atoms with Crippen LogP contribution in [-0.4, -0.2) is 32.3 Å². The summed E-state index contributed by atoms with van der Waals surface area (Å²) >= 11 is 0. The minimum atomic E-state index is -0.453. The Labute approximate surface area is 153 Å². The number of rotatable bonds is 7. The fraction of sp³-hybridized carbons (Fsp3) is 0.300. The highest BCUT2D eigenvalue weighted by Gasteiger charge is 2.08. The number of carbonyl (C=O) groups is 2. The molecule has 2 aromatic rings. The maximum absolute atomic E-state index is 12.0. The van der Waals surface area contributed by atoms with Gasteiger partial charge >= 0.3 is 12.0 Å². The standard InChI is InChI=1S/C20H24N2O4/c1-14(2)17-9-4-5-10-18(17)26-12-11-21-20(24)22-16-8-6-7-15(13-16)19(23)25-3/h4-10,13-14H,11-12H2,1-3H3,(H2,21,22,24). The molecule has 0 heterocycles. The van der Waals surface area contributed by atoms with Crippen molar-refractivity contribution in [3.05, 3.63) is 59.7 Å². The molecule has 26 heavy (non-hydrogen) atoms. The number of hydrogen-bond acceptors (Lipinski definition) is 4. The topological polar surface area (TPSA) is 76.7 Å². The van der Waals surface area contributed by atoms with E-state index in [9.17, 15) is 9.59 Å². The van der Waals surface area contributed by atoms with Gasteiger partial charge in [-0.05, 0) is 35.7 Å². The monoisotopic (exact) mass is 356 g/mol. The van der Waals surface area contributed by atoms with Crippen LogP contribution in [0.15, 0.2) is 48.5 Å². The first kappa shape index (κ1) is 19.3. The molecule has 0 aliphatic heterocycles. The molecule has 0 atom stereocenters. The van der Waals surface area contributed by atoms with Gasteiger partial charge in [0.05, 0.1) is 19.2 Å². The van der Waals surface area contributed by atoms with E-state index in [0.717, 1.165) is 11.3 Å². The Kier molecular flexibility index (Phi) is 7.02. The number of anilines is 1. The van der Waals surface area contributed by atoms with E-state index < -0.39 is 5.97 Å². The summed E-state index contributed by atoms with van der Waals surface area (Å²) in [6.45, 7) is 4.93. The molecule has 138 valence electrons. The highest BCUT2D eigenvalue weighted by atomic mass is 16.5. The normalized spacial score (nSPS) is 10.3. The number of nitrogens with one attached hydrogen (secondary N) is 2.